The van der Waals surface area contributed by atoms with Crippen LogP contribution in [0.4, 0.5) is 0 Å². The van der Waals surface area contributed by atoms with Crippen molar-refractivity contribution >= 4 is 21.8 Å². The average molecular weight is 366 g/mol. The van der Waals surface area contributed by atoms with Crippen LogP contribution < -0.4 is 0 Å². The fourth-order valence-electron chi connectivity index (χ4n) is 2.79. The van der Waals surface area contributed by atoms with Gasteiger partial charge in [-0.15, -0.1) is 0 Å². The lowest BCUT2D eigenvalue weighted by atomic mass is 10.1. The van der Waals surface area contributed by atoms with Gasteiger partial charge in [-0.05, 0) is 25.8 Å². The Labute approximate surface area is 148 Å². The molecule has 0 N–H and O–H groups in total. The van der Waals surface area contributed by atoms with Crippen molar-refractivity contribution < 1.29 is 8.42 Å². The number of aromatic nitrogens is 2. The number of imidazole rings is 1. The maximum absolute atomic E-state index is 12.9. The number of sulfonamides is 1. The van der Waals surface area contributed by atoms with Gasteiger partial charge in [-0.3, -0.25) is 0 Å². The standard InChI is InChI=1S/C17H23N3O2S2/c1-14(2)19-12-17(18-13-19)24(21,22)20-9-8-16(23-11-10-20)15-6-4-3-5-7-15/h3-7,12-14,16H,8-11H2,1-2H3. The molecule has 1 unspecified atom stereocenters. The predicted octanol–water partition coefficient (Wildman–Crippen LogP) is 3.33. The second-order valence-electron chi connectivity index (χ2n) is 6.22. The number of hydrogen-bond acceptors (Lipinski definition) is 4. The molecule has 3 rings (SSSR count). The minimum atomic E-state index is -3.52. The Morgan fingerprint density at radius 1 is 1.21 bits per heavy atom. The first-order valence-electron chi connectivity index (χ1n) is 8.18. The molecule has 0 spiro atoms. The number of rotatable bonds is 4. The lowest BCUT2D eigenvalue weighted by molar-refractivity contribution is 0.426. The van der Waals surface area contributed by atoms with Crippen LogP contribution in [0.25, 0.3) is 0 Å². The Morgan fingerprint density at radius 2 is 1.96 bits per heavy atom. The zero-order valence-corrected chi connectivity index (χ0v) is 15.6. The third-order valence-electron chi connectivity index (χ3n) is 4.25. The summed E-state index contributed by atoms with van der Waals surface area (Å²) in [6.07, 6.45) is 4.04. The van der Waals surface area contributed by atoms with Crippen molar-refractivity contribution in [3.63, 3.8) is 0 Å². The fourth-order valence-corrected chi connectivity index (χ4v) is 5.51. The van der Waals surface area contributed by atoms with E-state index in [-0.39, 0.29) is 11.1 Å². The molecule has 0 aliphatic carbocycles. The van der Waals surface area contributed by atoms with E-state index >= 15 is 0 Å². The molecule has 1 atom stereocenters. The third-order valence-corrected chi connectivity index (χ3v) is 7.36. The van der Waals surface area contributed by atoms with Gasteiger partial charge >= 0.3 is 0 Å². The van der Waals surface area contributed by atoms with Crippen LogP contribution in [0, 0.1) is 0 Å². The summed E-state index contributed by atoms with van der Waals surface area (Å²) in [5.41, 5.74) is 1.27. The first-order valence-corrected chi connectivity index (χ1v) is 10.7. The Bertz CT molecular complexity index is 772. The van der Waals surface area contributed by atoms with Gasteiger partial charge in [0, 0.05) is 36.3 Å². The topological polar surface area (TPSA) is 55.2 Å². The quantitative estimate of drug-likeness (QED) is 0.834. The van der Waals surface area contributed by atoms with E-state index in [9.17, 15) is 8.42 Å². The normalized spacial score (nSPS) is 20.2. The maximum atomic E-state index is 12.9. The molecule has 1 aliphatic heterocycles. The van der Waals surface area contributed by atoms with Crippen LogP contribution in [-0.4, -0.2) is 41.1 Å². The first kappa shape index (κ1) is 17.5. The minimum Gasteiger partial charge on any atom is -0.334 e. The molecule has 1 saturated heterocycles. The van der Waals surface area contributed by atoms with Crippen LogP contribution in [0.1, 0.15) is 37.1 Å². The van der Waals surface area contributed by atoms with E-state index in [1.54, 1.807) is 16.8 Å². The molecule has 24 heavy (non-hydrogen) atoms. The lowest BCUT2D eigenvalue weighted by Crippen LogP contribution is -2.33. The van der Waals surface area contributed by atoms with Crippen molar-refractivity contribution in [2.24, 2.45) is 0 Å². The fraction of sp³-hybridized carbons (Fsp3) is 0.471. The largest absolute Gasteiger partial charge is 0.334 e. The Morgan fingerprint density at radius 3 is 2.62 bits per heavy atom. The summed E-state index contributed by atoms with van der Waals surface area (Å²) in [6.45, 7) is 5.07. The number of benzene rings is 1. The van der Waals surface area contributed by atoms with Gasteiger partial charge in [-0.2, -0.15) is 16.1 Å². The van der Waals surface area contributed by atoms with Gasteiger partial charge in [0.2, 0.25) is 0 Å². The first-order chi connectivity index (χ1) is 11.5. The number of thioether (sulfide) groups is 1. The van der Waals surface area contributed by atoms with Crippen LogP contribution in [0.2, 0.25) is 0 Å². The maximum Gasteiger partial charge on any atom is 0.262 e. The minimum absolute atomic E-state index is 0.152. The number of nitrogens with zero attached hydrogens (tertiary/aromatic N) is 3. The van der Waals surface area contributed by atoms with Crippen LogP contribution in [-0.2, 0) is 10.0 Å². The van der Waals surface area contributed by atoms with E-state index in [1.165, 1.54) is 5.56 Å². The highest BCUT2D eigenvalue weighted by Crippen LogP contribution is 2.35. The molecule has 130 valence electrons. The van der Waals surface area contributed by atoms with Gasteiger partial charge in [0.1, 0.15) is 0 Å². The van der Waals surface area contributed by atoms with E-state index in [1.807, 2.05) is 48.4 Å². The zero-order chi connectivity index (χ0) is 17.2. The summed E-state index contributed by atoms with van der Waals surface area (Å²) < 4.78 is 29.1. The monoisotopic (exact) mass is 365 g/mol. The second-order valence-corrected chi connectivity index (χ2v) is 9.41. The van der Waals surface area contributed by atoms with Crippen LogP contribution in [0.5, 0.6) is 0 Å². The molecular formula is C17H23N3O2S2. The van der Waals surface area contributed by atoms with Crippen molar-refractivity contribution in [3.05, 3.63) is 48.4 Å². The van der Waals surface area contributed by atoms with Gasteiger partial charge in [0.15, 0.2) is 5.03 Å². The molecule has 0 bridgehead atoms. The highest BCUT2D eigenvalue weighted by atomic mass is 32.2. The van der Waals surface area contributed by atoms with Crippen LogP contribution >= 0.6 is 11.8 Å². The smallest absolute Gasteiger partial charge is 0.262 e. The van der Waals surface area contributed by atoms with E-state index in [0.29, 0.717) is 18.3 Å². The Kier molecular flexibility index (Phi) is 5.32. The summed E-state index contributed by atoms with van der Waals surface area (Å²) in [5.74, 6) is 0.795. The lowest BCUT2D eigenvalue weighted by Gasteiger charge is -2.18. The van der Waals surface area contributed by atoms with Crippen LogP contribution in [0.15, 0.2) is 47.9 Å². The molecule has 1 aliphatic rings. The van der Waals surface area contributed by atoms with Crippen molar-refractivity contribution in [1.82, 2.24) is 13.9 Å². The van der Waals surface area contributed by atoms with Crippen molar-refractivity contribution in [2.75, 3.05) is 18.8 Å². The van der Waals surface area contributed by atoms with E-state index in [0.717, 1.165) is 12.2 Å². The molecule has 1 fully saturated rings. The SMILES string of the molecule is CC(C)n1cnc(S(=O)(=O)N2CCSC(c3ccccc3)CC2)c1. The second kappa shape index (κ2) is 7.29. The molecule has 0 saturated carbocycles. The van der Waals surface area contributed by atoms with Crippen molar-refractivity contribution in [3.8, 4) is 0 Å². The Balaban J connectivity index is 1.75. The molecule has 5 nitrogen and oxygen atoms in total. The summed E-state index contributed by atoms with van der Waals surface area (Å²) in [4.78, 5) is 4.12. The van der Waals surface area contributed by atoms with Gasteiger partial charge in [-0.1, -0.05) is 30.3 Å². The van der Waals surface area contributed by atoms with Crippen molar-refractivity contribution in [2.45, 2.75) is 36.6 Å². The van der Waals surface area contributed by atoms with Gasteiger partial charge in [0.05, 0.1) is 6.33 Å². The van der Waals surface area contributed by atoms with E-state index in [4.69, 9.17) is 0 Å². The highest BCUT2D eigenvalue weighted by Gasteiger charge is 2.30. The summed E-state index contributed by atoms with van der Waals surface area (Å²) in [7, 11) is -3.52. The van der Waals surface area contributed by atoms with Gasteiger partial charge in [-0.25, -0.2) is 13.4 Å². The predicted molar refractivity (Wildman–Crippen MR) is 97.6 cm³/mol. The molecule has 1 aromatic heterocycles. The van der Waals surface area contributed by atoms with Crippen molar-refractivity contribution in [1.29, 1.82) is 0 Å². The zero-order valence-electron chi connectivity index (χ0n) is 14.0. The molecule has 0 amide bonds. The third kappa shape index (κ3) is 3.68. The molecule has 7 heteroatoms. The molecule has 2 heterocycles. The highest BCUT2D eigenvalue weighted by molar-refractivity contribution is 7.99. The van der Waals surface area contributed by atoms with Crippen LogP contribution in [0.3, 0.4) is 0 Å². The molecule has 0 radical (unpaired) electrons. The molecular weight excluding hydrogens is 342 g/mol. The van der Waals surface area contributed by atoms with Gasteiger partial charge < -0.3 is 4.57 Å². The summed E-state index contributed by atoms with van der Waals surface area (Å²) in [5, 5.41) is 0.499. The Hall–Kier alpha value is -1.31. The van der Waals surface area contributed by atoms with Gasteiger partial charge in [0.25, 0.3) is 10.0 Å². The summed E-state index contributed by atoms with van der Waals surface area (Å²) in [6, 6.07) is 10.5. The average Bonchev–Trinajstić information content (AvgIpc) is 2.95. The molecule has 2 aromatic rings. The molecule has 1 aromatic carbocycles. The van der Waals surface area contributed by atoms with E-state index in [2.05, 4.69) is 17.1 Å². The summed E-state index contributed by atoms with van der Waals surface area (Å²) >= 11 is 1.83. The van der Waals surface area contributed by atoms with E-state index < -0.39 is 10.0 Å². The number of hydrogen-bond donors (Lipinski definition) is 0.